The van der Waals surface area contributed by atoms with E-state index in [2.05, 4.69) is 6.92 Å². The summed E-state index contributed by atoms with van der Waals surface area (Å²) in [5, 5.41) is 0. The molecule has 0 aromatic heterocycles. The highest BCUT2D eigenvalue weighted by Crippen LogP contribution is 2.42. The van der Waals surface area contributed by atoms with Gasteiger partial charge in [0, 0.05) is 18.4 Å². The average Bonchev–Trinajstić information content (AvgIpc) is 3.12. The summed E-state index contributed by atoms with van der Waals surface area (Å²) in [6.45, 7) is 3.36. The van der Waals surface area contributed by atoms with Crippen molar-refractivity contribution < 1.29 is 28.5 Å². The topological polar surface area (TPSA) is 71.1 Å². The maximum Gasteiger partial charge on any atom is 0.188 e. The van der Waals surface area contributed by atoms with Gasteiger partial charge < -0.3 is 18.9 Å². The highest BCUT2D eigenvalue weighted by Gasteiger charge is 2.44. The van der Waals surface area contributed by atoms with E-state index in [-0.39, 0.29) is 42.2 Å². The molecule has 1 saturated carbocycles. The van der Waals surface area contributed by atoms with E-state index in [0.29, 0.717) is 48.7 Å². The Morgan fingerprint density at radius 3 is 2.62 bits per heavy atom. The standard InChI is InChI=1S/C28H30O6/c1-2-18-13-21-26(15-25(18)34-17-23(29)19-7-4-3-5-8-19)33-16-22(28(21)30)20-9-10-24-27(14-20)32-12-6-11-31-24/h3-5,7-10,14,16,18,21,25-26H,2,6,11-13,15,17H2,1H3. The molecule has 6 heteroatoms. The summed E-state index contributed by atoms with van der Waals surface area (Å²) in [6.07, 6.45) is 4.23. The van der Waals surface area contributed by atoms with Crippen LogP contribution in [0, 0.1) is 11.8 Å². The Hall–Kier alpha value is -3.12. The number of carbonyl (C=O) groups excluding carboxylic acids is 2. The fourth-order valence-corrected chi connectivity index (χ4v) is 5.12. The van der Waals surface area contributed by atoms with Crippen molar-refractivity contribution in [3.63, 3.8) is 0 Å². The van der Waals surface area contributed by atoms with Crippen molar-refractivity contribution >= 4 is 17.1 Å². The summed E-state index contributed by atoms with van der Waals surface area (Å²) in [5.41, 5.74) is 2.01. The first-order valence-electron chi connectivity index (χ1n) is 12.1. The molecule has 0 radical (unpaired) electrons. The maximum atomic E-state index is 13.5. The molecule has 0 saturated heterocycles. The molecule has 5 rings (SSSR count). The first-order valence-corrected chi connectivity index (χ1v) is 12.1. The van der Waals surface area contributed by atoms with E-state index >= 15 is 0 Å². The highest BCUT2D eigenvalue weighted by molar-refractivity contribution is 6.22. The van der Waals surface area contributed by atoms with Crippen LogP contribution in [-0.4, -0.2) is 43.6 Å². The summed E-state index contributed by atoms with van der Waals surface area (Å²) in [6, 6.07) is 14.8. The average molecular weight is 463 g/mol. The van der Waals surface area contributed by atoms with Crippen LogP contribution < -0.4 is 9.47 Å². The van der Waals surface area contributed by atoms with Crippen LogP contribution in [0.4, 0.5) is 0 Å². The minimum absolute atomic E-state index is 0.0326. The van der Waals surface area contributed by atoms with Crippen LogP contribution in [0.3, 0.4) is 0 Å². The summed E-state index contributed by atoms with van der Waals surface area (Å²) < 4.78 is 23.7. The van der Waals surface area contributed by atoms with Gasteiger partial charge in [-0.05, 0) is 30.0 Å². The molecule has 1 aliphatic carbocycles. The van der Waals surface area contributed by atoms with E-state index in [0.717, 1.165) is 18.4 Å². The second-order valence-electron chi connectivity index (χ2n) is 9.17. The van der Waals surface area contributed by atoms with Gasteiger partial charge in [-0.2, -0.15) is 0 Å². The second kappa shape index (κ2) is 10.0. The molecule has 2 heterocycles. The van der Waals surface area contributed by atoms with Crippen molar-refractivity contribution in [2.45, 2.75) is 44.8 Å². The van der Waals surface area contributed by atoms with Crippen LogP contribution in [0.2, 0.25) is 0 Å². The molecule has 2 aliphatic heterocycles. The van der Waals surface area contributed by atoms with Gasteiger partial charge in [-0.3, -0.25) is 9.59 Å². The molecule has 0 N–H and O–H groups in total. The first kappa shape index (κ1) is 22.7. The van der Waals surface area contributed by atoms with Crippen molar-refractivity contribution in [3.05, 3.63) is 65.9 Å². The Kier molecular flexibility index (Phi) is 6.68. The molecule has 34 heavy (non-hydrogen) atoms. The lowest BCUT2D eigenvalue weighted by Gasteiger charge is -2.41. The van der Waals surface area contributed by atoms with Gasteiger partial charge in [0.1, 0.15) is 12.7 Å². The van der Waals surface area contributed by atoms with Crippen LogP contribution in [0.15, 0.2) is 54.8 Å². The number of rotatable bonds is 6. The van der Waals surface area contributed by atoms with Crippen molar-refractivity contribution in [3.8, 4) is 11.5 Å². The van der Waals surface area contributed by atoms with Gasteiger partial charge in [-0.15, -0.1) is 0 Å². The van der Waals surface area contributed by atoms with Crippen LogP contribution in [-0.2, 0) is 14.3 Å². The maximum absolute atomic E-state index is 13.5. The molecule has 2 aromatic carbocycles. The highest BCUT2D eigenvalue weighted by atomic mass is 16.5. The predicted molar refractivity (Wildman–Crippen MR) is 127 cm³/mol. The zero-order chi connectivity index (χ0) is 23.5. The van der Waals surface area contributed by atoms with E-state index in [1.165, 1.54) is 0 Å². The lowest BCUT2D eigenvalue weighted by molar-refractivity contribution is -0.131. The fourth-order valence-electron chi connectivity index (χ4n) is 5.12. The van der Waals surface area contributed by atoms with Gasteiger partial charge in [-0.25, -0.2) is 0 Å². The van der Waals surface area contributed by atoms with E-state index in [4.69, 9.17) is 18.9 Å². The Morgan fingerprint density at radius 1 is 1.03 bits per heavy atom. The minimum Gasteiger partial charge on any atom is -0.496 e. The molecule has 0 amide bonds. The fraction of sp³-hybridized carbons (Fsp3) is 0.429. The zero-order valence-corrected chi connectivity index (χ0v) is 19.4. The Morgan fingerprint density at radius 2 is 1.82 bits per heavy atom. The number of ether oxygens (including phenoxy) is 4. The van der Waals surface area contributed by atoms with Gasteiger partial charge in [0.2, 0.25) is 0 Å². The Balaban J connectivity index is 1.28. The Bertz CT molecular complexity index is 1080. The van der Waals surface area contributed by atoms with Crippen LogP contribution >= 0.6 is 0 Å². The molecular weight excluding hydrogens is 432 g/mol. The first-order chi connectivity index (χ1) is 16.6. The number of hydrogen-bond acceptors (Lipinski definition) is 6. The largest absolute Gasteiger partial charge is 0.496 e. The van der Waals surface area contributed by atoms with Gasteiger partial charge >= 0.3 is 0 Å². The minimum atomic E-state index is -0.240. The summed E-state index contributed by atoms with van der Waals surface area (Å²) in [4.78, 5) is 26.0. The van der Waals surface area contributed by atoms with Gasteiger partial charge in [0.15, 0.2) is 23.1 Å². The van der Waals surface area contributed by atoms with Gasteiger partial charge in [0.25, 0.3) is 0 Å². The third-order valence-electron chi connectivity index (χ3n) is 7.07. The molecule has 3 aliphatic rings. The van der Waals surface area contributed by atoms with E-state index in [1.807, 2.05) is 36.4 Å². The normalized spacial score (nSPS) is 26.0. The van der Waals surface area contributed by atoms with Crippen molar-refractivity contribution in [2.75, 3.05) is 19.8 Å². The molecule has 4 unspecified atom stereocenters. The molecule has 0 bridgehead atoms. The monoisotopic (exact) mass is 462 g/mol. The van der Waals surface area contributed by atoms with Crippen LogP contribution in [0.25, 0.3) is 5.57 Å². The third kappa shape index (κ3) is 4.60. The van der Waals surface area contributed by atoms with Crippen LogP contribution in [0.1, 0.15) is 48.5 Å². The lowest BCUT2D eigenvalue weighted by Crippen LogP contribution is -2.46. The lowest BCUT2D eigenvalue weighted by atomic mass is 9.72. The van der Waals surface area contributed by atoms with Gasteiger partial charge in [-0.1, -0.05) is 49.7 Å². The number of ketones is 2. The molecule has 4 atom stereocenters. The number of benzene rings is 2. The number of Topliss-reactive ketones (excluding diaryl/α,β-unsaturated/α-hetero) is 2. The third-order valence-corrected chi connectivity index (χ3v) is 7.07. The molecule has 0 spiro atoms. The smallest absolute Gasteiger partial charge is 0.188 e. The van der Waals surface area contributed by atoms with Crippen LogP contribution in [0.5, 0.6) is 11.5 Å². The molecular formula is C28H30O6. The number of fused-ring (bicyclic) bond motifs is 2. The van der Waals surface area contributed by atoms with Crippen molar-refractivity contribution in [1.82, 2.24) is 0 Å². The van der Waals surface area contributed by atoms with E-state index in [1.54, 1.807) is 18.4 Å². The number of carbonyl (C=O) groups is 2. The van der Waals surface area contributed by atoms with E-state index < -0.39 is 0 Å². The summed E-state index contributed by atoms with van der Waals surface area (Å²) in [5.74, 6) is 1.42. The molecule has 178 valence electrons. The number of hydrogen-bond donors (Lipinski definition) is 0. The quantitative estimate of drug-likeness (QED) is 0.571. The second-order valence-corrected chi connectivity index (χ2v) is 9.17. The number of allylic oxidation sites excluding steroid dienone is 1. The SMILES string of the molecule is CCC1CC2C(=O)C(c3ccc4c(c3)OCCCO4)=COC2CC1OCC(=O)c1ccccc1. The van der Waals surface area contributed by atoms with E-state index in [9.17, 15) is 9.59 Å². The Labute approximate surface area is 199 Å². The molecule has 6 nitrogen and oxygen atoms in total. The predicted octanol–water partition coefficient (Wildman–Crippen LogP) is 4.86. The summed E-state index contributed by atoms with van der Waals surface area (Å²) >= 11 is 0. The van der Waals surface area contributed by atoms with Gasteiger partial charge in [0.05, 0.1) is 37.1 Å². The summed E-state index contributed by atoms with van der Waals surface area (Å²) in [7, 11) is 0. The molecule has 1 fully saturated rings. The van der Waals surface area contributed by atoms with Crippen molar-refractivity contribution in [2.24, 2.45) is 11.8 Å². The molecule has 2 aromatic rings. The zero-order valence-electron chi connectivity index (χ0n) is 19.4. The van der Waals surface area contributed by atoms with Crippen molar-refractivity contribution in [1.29, 1.82) is 0 Å².